The molecule has 0 bridgehead atoms. The molecule has 0 aromatic rings. The van der Waals surface area contributed by atoms with E-state index in [4.69, 9.17) is 23.7 Å². The number of ether oxygens (including phenoxy) is 5. The maximum atomic E-state index is 15.5. The second kappa shape index (κ2) is 12.8. The molecule has 6 heterocycles. The van der Waals surface area contributed by atoms with Gasteiger partial charge in [0, 0.05) is 22.0 Å². The van der Waals surface area contributed by atoms with E-state index in [1.54, 1.807) is 6.34 Å². The van der Waals surface area contributed by atoms with Gasteiger partial charge in [0.15, 0.2) is 11.9 Å². The van der Waals surface area contributed by atoms with Crippen molar-refractivity contribution in [3.8, 4) is 0 Å². The summed E-state index contributed by atoms with van der Waals surface area (Å²) in [4.78, 5) is 52.4. The predicted molar refractivity (Wildman–Crippen MR) is 201 cm³/mol. The first-order valence-electron chi connectivity index (χ1n) is 21.8. The molecule has 4 aliphatic carbocycles. The highest BCUT2D eigenvalue weighted by Crippen LogP contribution is 2.82. The maximum Gasteiger partial charge on any atom is 0.339 e. The zero-order valence-electron chi connectivity index (χ0n) is 33.0. The van der Waals surface area contributed by atoms with Crippen molar-refractivity contribution in [2.45, 2.75) is 172 Å². The van der Waals surface area contributed by atoms with Gasteiger partial charge in [-0.2, -0.15) is 0 Å². The highest BCUT2D eigenvalue weighted by molar-refractivity contribution is 5.96. The molecule has 11 atom stereocenters. The Morgan fingerprint density at radius 3 is 2.44 bits per heavy atom. The Morgan fingerprint density at radius 1 is 0.891 bits per heavy atom. The molecule has 55 heavy (non-hydrogen) atoms. The van der Waals surface area contributed by atoms with Crippen LogP contribution in [0, 0.1) is 39.4 Å². The Bertz CT molecular complexity index is 1730. The fourth-order valence-electron chi connectivity index (χ4n) is 15.3. The number of epoxide rings is 1. The van der Waals surface area contributed by atoms with Crippen molar-refractivity contribution in [1.82, 2.24) is 0 Å². The SMILES string of the molecule is CC1(C)OC2C3(CCCC3)C(=O)OCC23C1C(=O)C(O)C1(C2CCCCC2)C3CCC2(C)C(C3=CCOC3CCCCCCC3=NC=NC3)OC(=O)C3OC321. The number of unbranched alkanes of at least 4 members (excludes halogenated alkanes) is 3. The first kappa shape index (κ1) is 36.8. The summed E-state index contributed by atoms with van der Waals surface area (Å²) in [5.74, 6) is -1.77. The molecular formula is C44H60N2O9. The number of cyclic esters (lactones) is 2. The molecule has 3 spiro atoms. The van der Waals surface area contributed by atoms with E-state index >= 15 is 4.79 Å². The lowest BCUT2D eigenvalue weighted by atomic mass is 9.32. The second-order valence-electron chi connectivity index (χ2n) is 19.8. The maximum absolute atomic E-state index is 15.5. The predicted octanol–water partition coefficient (Wildman–Crippen LogP) is 6.02. The van der Waals surface area contributed by atoms with Gasteiger partial charge in [-0.3, -0.25) is 14.6 Å². The van der Waals surface area contributed by atoms with Crippen LogP contribution < -0.4 is 0 Å². The van der Waals surface area contributed by atoms with Gasteiger partial charge in [-0.1, -0.05) is 64.4 Å². The molecule has 0 aromatic heterocycles. The van der Waals surface area contributed by atoms with E-state index in [-0.39, 0.29) is 36.3 Å². The second-order valence-corrected chi connectivity index (χ2v) is 19.8. The number of aliphatic hydroxyl groups is 1. The summed E-state index contributed by atoms with van der Waals surface area (Å²) in [6, 6.07) is 0. The summed E-state index contributed by atoms with van der Waals surface area (Å²) in [5, 5.41) is 13.1. The van der Waals surface area contributed by atoms with Crippen molar-refractivity contribution in [3.63, 3.8) is 0 Å². The third kappa shape index (κ3) is 4.67. The minimum atomic E-state index is -1.35. The molecule has 11 unspecified atom stereocenters. The van der Waals surface area contributed by atoms with Gasteiger partial charge in [0.25, 0.3) is 0 Å². The van der Waals surface area contributed by atoms with E-state index in [1.807, 2.05) is 13.8 Å². The average molecular weight is 761 g/mol. The molecule has 0 radical (unpaired) electrons. The van der Waals surface area contributed by atoms with Gasteiger partial charge in [-0.15, -0.1) is 0 Å². The fourth-order valence-corrected chi connectivity index (χ4v) is 15.3. The molecule has 11 heteroatoms. The molecule has 10 aliphatic rings. The van der Waals surface area contributed by atoms with Gasteiger partial charge >= 0.3 is 11.9 Å². The van der Waals surface area contributed by atoms with Gasteiger partial charge in [0.2, 0.25) is 0 Å². The van der Waals surface area contributed by atoms with Gasteiger partial charge < -0.3 is 28.8 Å². The number of carbonyl (C=O) groups is 3. The number of hydrogen-bond acceptors (Lipinski definition) is 11. The van der Waals surface area contributed by atoms with Crippen molar-refractivity contribution in [2.24, 2.45) is 49.4 Å². The summed E-state index contributed by atoms with van der Waals surface area (Å²) in [6.45, 7) is 7.45. The van der Waals surface area contributed by atoms with Crippen LogP contribution in [0.3, 0.4) is 0 Å². The van der Waals surface area contributed by atoms with E-state index in [0.29, 0.717) is 32.3 Å². The minimum Gasteiger partial charge on any atom is -0.464 e. The minimum absolute atomic E-state index is 0.0513. The van der Waals surface area contributed by atoms with Crippen LogP contribution >= 0.6 is 0 Å². The average Bonchev–Trinajstić information content (AvgIpc) is 3.65. The smallest absolute Gasteiger partial charge is 0.339 e. The Labute approximate surface area is 324 Å². The highest BCUT2D eigenvalue weighted by atomic mass is 16.7. The summed E-state index contributed by atoms with van der Waals surface area (Å²) >= 11 is 0. The third-order valence-electron chi connectivity index (χ3n) is 17.2. The van der Waals surface area contributed by atoms with Crippen LogP contribution in [-0.2, 0) is 38.1 Å². The number of nitrogens with zero attached hydrogens (tertiary/aromatic N) is 2. The topological polar surface area (TPSA) is 146 Å². The largest absolute Gasteiger partial charge is 0.464 e. The first-order valence-corrected chi connectivity index (χ1v) is 21.8. The zero-order chi connectivity index (χ0) is 38.0. The molecule has 4 saturated heterocycles. The lowest BCUT2D eigenvalue weighted by Gasteiger charge is -2.70. The van der Waals surface area contributed by atoms with Crippen molar-refractivity contribution in [1.29, 1.82) is 0 Å². The number of carbonyl (C=O) groups excluding carboxylic acids is 3. The molecular weight excluding hydrogens is 700 g/mol. The zero-order valence-corrected chi connectivity index (χ0v) is 33.0. The van der Waals surface area contributed by atoms with Crippen molar-refractivity contribution < 1.29 is 43.2 Å². The number of fused-ring (bicyclic) bond motifs is 2. The standard InChI is InChI=1S/C44H60N2O9/c1-39(2)32-31(47)33(48)43(26-13-7-6-8-14-26)30(42(32)24-52-38(50)41(37(42)55-39)19-11-12-20-41)17-21-40(3)34(53-36(49)35-44(40,43)54-35)28-18-22-51-29(28)16-10-5-4-9-15-27-23-45-25-46-27/h18,25-26,29-30,32-35,37,48H,4-17,19-24H2,1-3H3. The van der Waals surface area contributed by atoms with Crippen molar-refractivity contribution in [3.05, 3.63) is 11.6 Å². The van der Waals surface area contributed by atoms with Crippen LogP contribution in [0.25, 0.3) is 0 Å². The summed E-state index contributed by atoms with van der Waals surface area (Å²) in [5.41, 5.74) is -3.31. The van der Waals surface area contributed by atoms with E-state index in [0.717, 1.165) is 101 Å². The highest BCUT2D eigenvalue weighted by Gasteiger charge is 2.93. The molecule has 8 fully saturated rings. The molecule has 6 aliphatic heterocycles. The van der Waals surface area contributed by atoms with Crippen LogP contribution in [0.5, 0.6) is 0 Å². The Morgan fingerprint density at radius 2 is 1.67 bits per heavy atom. The number of esters is 2. The number of hydrogen-bond donors (Lipinski definition) is 1. The van der Waals surface area contributed by atoms with Gasteiger partial charge in [0.05, 0.1) is 42.3 Å². The fraction of sp³-hybridized carbons (Fsp3) is 0.841. The van der Waals surface area contributed by atoms with Crippen LogP contribution in [-0.4, -0.2) is 96.4 Å². The van der Waals surface area contributed by atoms with E-state index in [9.17, 15) is 14.7 Å². The third-order valence-corrected chi connectivity index (χ3v) is 17.2. The first-order chi connectivity index (χ1) is 26.5. The monoisotopic (exact) mass is 760 g/mol. The number of ketones is 1. The number of aliphatic imine (C=N–C) groups is 2. The molecule has 10 rings (SSSR count). The summed E-state index contributed by atoms with van der Waals surface area (Å²) in [7, 11) is 0. The molecule has 0 aromatic carbocycles. The molecule has 0 amide bonds. The number of aliphatic hydroxyl groups excluding tert-OH is 1. The van der Waals surface area contributed by atoms with Crippen LogP contribution in [0.1, 0.15) is 130 Å². The quantitative estimate of drug-likeness (QED) is 0.129. The normalized spacial score (nSPS) is 46.3. The van der Waals surface area contributed by atoms with Gasteiger partial charge in [-0.25, -0.2) is 9.79 Å². The Kier molecular flexibility index (Phi) is 8.55. The van der Waals surface area contributed by atoms with E-state index in [1.165, 1.54) is 0 Å². The Hall–Kier alpha value is -2.47. The van der Waals surface area contributed by atoms with Gasteiger partial charge in [-0.05, 0) is 89.0 Å². The lowest BCUT2D eigenvalue weighted by molar-refractivity contribution is -0.282. The summed E-state index contributed by atoms with van der Waals surface area (Å²) < 4.78 is 33.4. The number of Topliss-reactive ketones (excluding diaryl/α,β-unsaturated/α-hetero) is 1. The van der Waals surface area contributed by atoms with Crippen LogP contribution in [0.2, 0.25) is 0 Å². The molecule has 1 N–H and O–H groups in total. The van der Waals surface area contributed by atoms with Crippen LogP contribution in [0.15, 0.2) is 21.6 Å². The van der Waals surface area contributed by atoms with Crippen LogP contribution in [0.4, 0.5) is 0 Å². The van der Waals surface area contributed by atoms with Crippen molar-refractivity contribution in [2.75, 3.05) is 19.8 Å². The summed E-state index contributed by atoms with van der Waals surface area (Å²) in [6.07, 6.45) is 15.7. The van der Waals surface area contributed by atoms with E-state index in [2.05, 4.69) is 23.0 Å². The van der Waals surface area contributed by atoms with E-state index < -0.39 is 69.2 Å². The molecule has 4 saturated carbocycles. The lowest BCUT2D eigenvalue weighted by Crippen LogP contribution is -2.80. The van der Waals surface area contributed by atoms with Crippen molar-refractivity contribution >= 4 is 29.8 Å². The molecule has 11 nitrogen and oxygen atoms in total. The van der Waals surface area contributed by atoms with Gasteiger partial charge in [0.1, 0.15) is 30.8 Å². The Balaban J connectivity index is 1.03. The number of rotatable bonds is 9. The molecule has 300 valence electrons.